The number of rotatable bonds is 2. The SMILES string of the molecule is O=C(c1cc(C2CC2)on1)N1CCC2(CC1)OCCO2. The van der Waals surface area contributed by atoms with E-state index >= 15 is 0 Å². The Hall–Kier alpha value is -1.40. The summed E-state index contributed by atoms with van der Waals surface area (Å²) in [5.74, 6) is 0.839. The van der Waals surface area contributed by atoms with E-state index in [0.29, 0.717) is 37.9 Å². The van der Waals surface area contributed by atoms with E-state index in [1.807, 2.05) is 4.90 Å². The summed E-state index contributed by atoms with van der Waals surface area (Å²) in [6.45, 7) is 2.60. The lowest BCUT2D eigenvalue weighted by Gasteiger charge is -2.37. The van der Waals surface area contributed by atoms with E-state index in [-0.39, 0.29) is 5.91 Å². The molecule has 1 aliphatic carbocycles. The summed E-state index contributed by atoms with van der Waals surface area (Å²) in [5.41, 5.74) is 0.427. The first-order chi connectivity index (χ1) is 9.76. The van der Waals surface area contributed by atoms with Gasteiger partial charge in [-0.15, -0.1) is 0 Å². The van der Waals surface area contributed by atoms with Crippen molar-refractivity contribution in [2.24, 2.45) is 0 Å². The van der Waals surface area contributed by atoms with E-state index < -0.39 is 5.79 Å². The van der Waals surface area contributed by atoms with E-state index in [2.05, 4.69) is 5.16 Å². The lowest BCUT2D eigenvalue weighted by Crippen LogP contribution is -2.47. The zero-order chi connectivity index (χ0) is 13.6. The molecule has 3 heterocycles. The fraction of sp³-hybridized carbons (Fsp3) is 0.714. The van der Waals surface area contributed by atoms with Crippen LogP contribution in [0.2, 0.25) is 0 Å². The highest BCUT2D eigenvalue weighted by atomic mass is 16.7. The zero-order valence-corrected chi connectivity index (χ0v) is 11.3. The van der Waals surface area contributed by atoms with E-state index in [1.165, 1.54) is 0 Å². The van der Waals surface area contributed by atoms with Crippen LogP contribution in [0.5, 0.6) is 0 Å². The van der Waals surface area contributed by atoms with Gasteiger partial charge in [0, 0.05) is 37.9 Å². The van der Waals surface area contributed by atoms with Gasteiger partial charge in [0.05, 0.1) is 13.2 Å². The molecule has 1 aromatic heterocycles. The van der Waals surface area contributed by atoms with Crippen LogP contribution < -0.4 is 0 Å². The minimum Gasteiger partial charge on any atom is -0.360 e. The van der Waals surface area contributed by atoms with Gasteiger partial charge in [0.15, 0.2) is 11.5 Å². The molecule has 4 rings (SSSR count). The highest BCUT2D eigenvalue weighted by Crippen LogP contribution is 2.40. The fourth-order valence-corrected chi connectivity index (χ4v) is 2.95. The molecule has 1 saturated carbocycles. The van der Waals surface area contributed by atoms with Crippen LogP contribution in [0.15, 0.2) is 10.6 Å². The van der Waals surface area contributed by atoms with E-state index in [0.717, 1.165) is 31.4 Å². The molecule has 0 atom stereocenters. The summed E-state index contributed by atoms with van der Waals surface area (Å²) in [6.07, 6.45) is 3.74. The van der Waals surface area contributed by atoms with E-state index in [1.54, 1.807) is 6.07 Å². The molecule has 0 N–H and O–H groups in total. The first kappa shape index (κ1) is 12.3. The van der Waals surface area contributed by atoms with Crippen molar-refractivity contribution in [1.82, 2.24) is 10.1 Å². The number of hydrogen-bond acceptors (Lipinski definition) is 5. The molecule has 2 saturated heterocycles. The molecule has 108 valence electrons. The first-order valence-electron chi connectivity index (χ1n) is 7.30. The Balaban J connectivity index is 1.41. The second-order valence-electron chi connectivity index (χ2n) is 5.79. The van der Waals surface area contributed by atoms with Gasteiger partial charge in [0.25, 0.3) is 5.91 Å². The quantitative estimate of drug-likeness (QED) is 0.821. The first-order valence-corrected chi connectivity index (χ1v) is 7.30. The normalized spacial score (nSPS) is 25.3. The topological polar surface area (TPSA) is 64.8 Å². The van der Waals surface area contributed by atoms with Crippen molar-refractivity contribution in [1.29, 1.82) is 0 Å². The third-order valence-electron chi connectivity index (χ3n) is 4.35. The monoisotopic (exact) mass is 278 g/mol. The molecule has 2 aliphatic heterocycles. The molecular weight excluding hydrogens is 260 g/mol. The van der Waals surface area contributed by atoms with Crippen LogP contribution in [0.1, 0.15) is 47.8 Å². The van der Waals surface area contributed by atoms with Crippen molar-refractivity contribution >= 4 is 5.91 Å². The second kappa shape index (κ2) is 4.56. The van der Waals surface area contributed by atoms with Gasteiger partial charge >= 0.3 is 0 Å². The Labute approximate surface area is 117 Å². The van der Waals surface area contributed by atoms with E-state index in [4.69, 9.17) is 14.0 Å². The molecular formula is C14H18N2O4. The number of carbonyl (C=O) groups is 1. The smallest absolute Gasteiger partial charge is 0.276 e. The zero-order valence-electron chi connectivity index (χ0n) is 11.3. The van der Waals surface area contributed by atoms with Crippen LogP contribution in [0.4, 0.5) is 0 Å². The van der Waals surface area contributed by atoms with Gasteiger partial charge in [-0.3, -0.25) is 4.79 Å². The Morgan fingerprint density at radius 3 is 2.60 bits per heavy atom. The van der Waals surface area contributed by atoms with Crippen molar-refractivity contribution in [3.8, 4) is 0 Å². The number of nitrogens with zero attached hydrogens (tertiary/aromatic N) is 2. The number of carbonyl (C=O) groups excluding carboxylic acids is 1. The second-order valence-corrected chi connectivity index (χ2v) is 5.79. The number of ether oxygens (including phenoxy) is 2. The number of piperidine rings is 1. The molecule has 0 bridgehead atoms. The summed E-state index contributed by atoms with van der Waals surface area (Å²) in [4.78, 5) is 14.2. The standard InChI is InChI=1S/C14H18N2O4/c17-13(11-9-12(20-15-11)10-1-2-10)16-5-3-14(4-6-16)18-7-8-19-14/h9-10H,1-8H2. The maximum Gasteiger partial charge on any atom is 0.276 e. The molecule has 3 aliphatic rings. The molecule has 1 spiro atoms. The average molecular weight is 278 g/mol. The van der Waals surface area contributed by atoms with E-state index in [9.17, 15) is 4.79 Å². The predicted octanol–water partition coefficient (Wildman–Crippen LogP) is 1.53. The summed E-state index contributed by atoms with van der Waals surface area (Å²) in [6, 6.07) is 1.80. The minimum atomic E-state index is -0.445. The molecule has 0 aromatic carbocycles. The van der Waals surface area contributed by atoms with Gasteiger partial charge in [-0.1, -0.05) is 5.16 Å². The molecule has 1 aromatic rings. The number of aromatic nitrogens is 1. The van der Waals surface area contributed by atoms with Gasteiger partial charge in [-0.05, 0) is 12.8 Å². The number of amides is 1. The van der Waals surface area contributed by atoms with Crippen molar-refractivity contribution in [2.45, 2.75) is 37.4 Å². The average Bonchev–Trinajstić information content (AvgIpc) is 3.04. The molecule has 20 heavy (non-hydrogen) atoms. The number of likely N-dealkylation sites (tertiary alicyclic amines) is 1. The molecule has 6 heteroatoms. The third-order valence-corrected chi connectivity index (χ3v) is 4.35. The Kier molecular flexibility index (Phi) is 2.82. The Morgan fingerprint density at radius 1 is 1.25 bits per heavy atom. The third kappa shape index (κ3) is 2.13. The molecule has 0 unspecified atom stereocenters. The van der Waals surface area contributed by atoms with Crippen LogP contribution >= 0.6 is 0 Å². The van der Waals surface area contributed by atoms with Crippen molar-refractivity contribution < 1.29 is 18.8 Å². The molecule has 6 nitrogen and oxygen atoms in total. The summed E-state index contributed by atoms with van der Waals surface area (Å²) in [7, 11) is 0. The Morgan fingerprint density at radius 2 is 1.95 bits per heavy atom. The molecule has 1 amide bonds. The predicted molar refractivity (Wildman–Crippen MR) is 68.3 cm³/mol. The minimum absolute atomic E-state index is 0.0477. The summed E-state index contributed by atoms with van der Waals surface area (Å²) < 4.78 is 16.6. The van der Waals surface area contributed by atoms with Crippen molar-refractivity contribution in [3.63, 3.8) is 0 Å². The molecule has 3 fully saturated rings. The maximum atomic E-state index is 12.4. The fourth-order valence-electron chi connectivity index (χ4n) is 2.95. The van der Waals surface area contributed by atoms with Crippen LogP contribution in [0.25, 0.3) is 0 Å². The van der Waals surface area contributed by atoms with Gasteiger partial charge in [0.1, 0.15) is 5.76 Å². The summed E-state index contributed by atoms with van der Waals surface area (Å²) >= 11 is 0. The highest BCUT2D eigenvalue weighted by molar-refractivity contribution is 5.92. The van der Waals surface area contributed by atoms with Crippen LogP contribution in [0.3, 0.4) is 0 Å². The highest BCUT2D eigenvalue weighted by Gasteiger charge is 2.41. The van der Waals surface area contributed by atoms with Crippen molar-refractivity contribution in [3.05, 3.63) is 17.5 Å². The lowest BCUT2D eigenvalue weighted by atomic mass is 10.0. The van der Waals surface area contributed by atoms with Gasteiger partial charge in [0.2, 0.25) is 0 Å². The van der Waals surface area contributed by atoms with Crippen LogP contribution in [-0.2, 0) is 9.47 Å². The van der Waals surface area contributed by atoms with Gasteiger partial charge in [-0.2, -0.15) is 0 Å². The maximum absolute atomic E-state index is 12.4. The van der Waals surface area contributed by atoms with Crippen molar-refractivity contribution in [2.75, 3.05) is 26.3 Å². The Bertz CT molecular complexity index is 507. The summed E-state index contributed by atoms with van der Waals surface area (Å²) in [5, 5.41) is 3.91. The number of hydrogen-bond donors (Lipinski definition) is 0. The lowest BCUT2D eigenvalue weighted by molar-refractivity contribution is -0.181. The largest absolute Gasteiger partial charge is 0.360 e. The van der Waals surface area contributed by atoms with Gasteiger partial charge < -0.3 is 18.9 Å². The van der Waals surface area contributed by atoms with Crippen LogP contribution in [-0.4, -0.2) is 48.1 Å². The van der Waals surface area contributed by atoms with Gasteiger partial charge in [-0.25, -0.2) is 0 Å². The molecule has 0 radical (unpaired) electrons. The van der Waals surface area contributed by atoms with Crippen LogP contribution in [0, 0.1) is 0 Å².